The maximum atomic E-state index is 12.0. The number of esters is 1. The summed E-state index contributed by atoms with van der Waals surface area (Å²) in [6.45, 7) is 1.90. The van der Waals surface area contributed by atoms with Gasteiger partial charge in [0, 0.05) is 17.5 Å². The van der Waals surface area contributed by atoms with Gasteiger partial charge in [-0.15, -0.1) is 0 Å². The molecular formula is C14H20ClNO4S. The third-order valence-electron chi connectivity index (χ3n) is 3.02. The molecule has 0 amide bonds. The Morgan fingerprint density at radius 1 is 1.33 bits per heavy atom. The molecule has 0 radical (unpaired) electrons. The zero-order valence-electron chi connectivity index (χ0n) is 12.1. The Bertz CT molecular complexity index is 557. The van der Waals surface area contributed by atoms with E-state index in [9.17, 15) is 13.2 Å². The standard InChI is InChI=1S/C14H20ClNO4S/c1-3-13(11-6-8-12(15)9-7-11)16-21(18,19)10-4-5-14(17)20-2/h6-9,13,16H,3-5,10H2,1-2H3. The molecule has 1 unspecified atom stereocenters. The van der Waals surface area contributed by atoms with E-state index in [2.05, 4.69) is 9.46 Å². The summed E-state index contributed by atoms with van der Waals surface area (Å²) < 4.78 is 31.2. The molecule has 1 aromatic carbocycles. The fourth-order valence-electron chi connectivity index (χ4n) is 1.87. The second kappa shape index (κ2) is 8.36. The van der Waals surface area contributed by atoms with Crippen LogP contribution >= 0.6 is 11.6 Å². The summed E-state index contributed by atoms with van der Waals surface area (Å²) in [5, 5.41) is 0.606. The van der Waals surface area contributed by atoms with E-state index in [4.69, 9.17) is 11.6 Å². The van der Waals surface area contributed by atoms with E-state index in [1.165, 1.54) is 7.11 Å². The lowest BCUT2D eigenvalue weighted by Crippen LogP contribution is -2.30. The van der Waals surface area contributed by atoms with Crippen molar-refractivity contribution >= 4 is 27.6 Å². The van der Waals surface area contributed by atoms with Gasteiger partial charge in [0.1, 0.15) is 0 Å². The Morgan fingerprint density at radius 2 is 1.95 bits per heavy atom. The second-order valence-electron chi connectivity index (χ2n) is 4.63. The third-order valence-corrected chi connectivity index (χ3v) is 4.75. The van der Waals surface area contributed by atoms with Crippen molar-refractivity contribution in [2.24, 2.45) is 0 Å². The highest BCUT2D eigenvalue weighted by Crippen LogP contribution is 2.20. The first-order valence-electron chi connectivity index (χ1n) is 6.70. The van der Waals surface area contributed by atoms with Gasteiger partial charge in [-0.2, -0.15) is 0 Å². The van der Waals surface area contributed by atoms with Gasteiger partial charge in [-0.25, -0.2) is 13.1 Å². The van der Waals surface area contributed by atoms with Gasteiger partial charge in [-0.3, -0.25) is 4.79 Å². The Hall–Kier alpha value is -1.11. The van der Waals surface area contributed by atoms with Crippen LogP contribution in [-0.4, -0.2) is 27.2 Å². The van der Waals surface area contributed by atoms with E-state index < -0.39 is 16.0 Å². The van der Waals surface area contributed by atoms with Crippen molar-refractivity contribution in [3.63, 3.8) is 0 Å². The molecule has 0 aliphatic heterocycles. The van der Waals surface area contributed by atoms with Crippen LogP contribution in [0.25, 0.3) is 0 Å². The molecule has 0 heterocycles. The number of methoxy groups -OCH3 is 1. The molecule has 1 atom stereocenters. The molecule has 0 bridgehead atoms. The Balaban J connectivity index is 2.62. The second-order valence-corrected chi connectivity index (χ2v) is 6.94. The number of benzene rings is 1. The van der Waals surface area contributed by atoms with Crippen LogP contribution in [0.4, 0.5) is 0 Å². The minimum Gasteiger partial charge on any atom is -0.469 e. The van der Waals surface area contributed by atoms with E-state index in [1.807, 2.05) is 6.92 Å². The van der Waals surface area contributed by atoms with Gasteiger partial charge >= 0.3 is 5.97 Å². The molecule has 0 fully saturated rings. The summed E-state index contributed by atoms with van der Waals surface area (Å²) in [7, 11) is -2.17. The van der Waals surface area contributed by atoms with Crippen LogP contribution in [0.5, 0.6) is 0 Å². The van der Waals surface area contributed by atoms with Gasteiger partial charge in [0.2, 0.25) is 10.0 Å². The highest BCUT2D eigenvalue weighted by molar-refractivity contribution is 7.89. The number of ether oxygens (including phenoxy) is 1. The summed E-state index contributed by atoms with van der Waals surface area (Å²) in [6.07, 6.45) is 0.950. The third kappa shape index (κ3) is 6.46. The fourth-order valence-corrected chi connectivity index (χ4v) is 3.37. The topological polar surface area (TPSA) is 72.5 Å². The van der Waals surface area contributed by atoms with Crippen molar-refractivity contribution in [3.05, 3.63) is 34.9 Å². The van der Waals surface area contributed by atoms with Crippen molar-refractivity contribution < 1.29 is 17.9 Å². The monoisotopic (exact) mass is 333 g/mol. The van der Waals surface area contributed by atoms with Crippen LogP contribution in [0.2, 0.25) is 5.02 Å². The molecule has 0 aliphatic carbocycles. The molecule has 1 N–H and O–H groups in total. The SMILES string of the molecule is CCC(NS(=O)(=O)CCCC(=O)OC)c1ccc(Cl)cc1. The van der Waals surface area contributed by atoms with E-state index in [0.717, 1.165) is 5.56 Å². The molecule has 5 nitrogen and oxygen atoms in total. The predicted molar refractivity (Wildman–Crippen MR) is 82.7 cm³/mol. The molecular weight excluding hydrogens is 314 g/mol. The van der Waals surface area contributed by atoms with Gasteiger partial charge in [-0.1, -0.05) is 30.7 Å². The zero-order valence-corrected chi connectivity index (χ0v) is 13.7. The van der Waals surface area contributed by atoms with E-state index in [0.29, 0.717) is 11.4 Å². The maximum Gasteiger partial charge on any atom is 0.305 e. The van der Waals surface area contributed by atoms with Gasteiger partial charge in [0.15, 0.2) is 0 Å². The molecule has 21 heavy (non-hydrogen) atoms. The quantitative estimate of drug-likeness (QED) is 0.742. The number of hydrogen-bond donors (Lipinski definition) is 1. The number of nitrogens with one attached hydrogen (secondary N) is 1. The summed E-state index contributed by atoms with van der Waals surface area (Å²) in [5.41, 5.74) is 0.860. The summed E-state index contributed by atoms with van der Waals surface area (Å²) >= 11 is 5.82. The number of carbonyl (C=O) groups excluding carboxylic acids is 1. The molecule has 0 saturated heterocycles. The summed E-state index contributed by atoms with van der Waals surface area (Å²) in [4.78, 5) is 11.0. The molecule has 118 valence electrons. The van der Waals surface area contributed by atoms with Crippen molar-refractivity contribution in [1.82, 2.24) is 4.72 Å². The fraction of sp³-hybridized carbons (Fsp3) is 0.500. The number of halogens is 1. The Kier molecular flexibility index (Phi) is 7.14. The van der Waals surface area contributed by atoms with Crippen molar-refractivity contribution in [1.29, 1.82) is 0 Å². The first-order valence-corrected chi connectivity index (χ1v) is 8.73. The van der Waals surface area contributed by atoms with Crippen LogP contribution < -0.4 is 4.72 Å². The first kappa shape index (κ1) is 17.9. The summed E-state index contributed by atoms with van der Waals surface area (Å²) in [5.74, 6) is -0.512. The number of sulfonamides is 1. The van der Waals surface area contributed by atoms with Crippen molar-refractivity contribution in [2.45, 2.75) is 32.2 Å². The minimum atomic E-state index is -3.45. The van der Waals surface area contributed by atoms with Crippen LogP contribution in [0.3, 0.4) is 0 Å². The van der Waals surface area contributed by atoms with E-state index in [1.54, 1.807) is 24.3 Å². The van der Waals surface area contributed by atoms with Crippen molar-refractivity contribution in [2.75, 3.05) is 12.9 Å². The first-order chi connectivity index (χ1) is 9.88. The van der Waals surface area contributed by atoms with Crippen LogP contribution in [-0.2, 0) is 19.6 Å². The predicted octanol–water partition coefficient (Wildman–Crippen LogP) is 2.66. The van der Waals surface area contributed by atoms with E-state index >= 15 is 0 Å². The molecule has 1 aromatic rings. The number of rotatable bonds is 8. The molecule has 0 spiro atoms. The average molecular weight is 334 g/mol. The number of hydrogen-bond acceptors (Lipinski definition) is 4. The van der Waals surface area contributed by atoms with Crippen LogP contribution in [0.1, 0.15) is 37.8 Å². The molecule has 0 aliphatic rings. The van der Waals surface area contributed by atoms with Gasteiger partial charge in [0.25, 0.3) is 0 Å². The molecule has 7 heteroatoms. The normalized spacial score (nSPS) is 12.9. The zero-order chi connectivity index (χ0) is 15.9. The highest BCUT2D eigenvalue weighted by atomic mass is 35.5. The molecule has 1 rings (SSSR count). The molecule has 0 aromatic heterocycles. The lowest BCUT2D eigenvalue weighted by Gasteiger charge is -2.17. The average Bonchev–Trinajstić information content (AvgIpc) is 2.45. The lowest BCUT2D eigenvalue weighted by atomic mass is 10.1. The van der Waals surface area contributed by atoms with Gasteiger partial charge < -0.3 is 4.74 Å². The minimum absolute atomic E-state index is 0.0924. The Labute approximate surface area is 130 Å². The van der Waals surface area contributed by atoms with Crippen LogP contribution in [0, 0.1) is 0 Å². The Morgan fingerprint density at radius 3 is 2.48 bits per heavy atom. The smallest absolute Gasteiger partial charge is 0.305 e. The highest BCUT2D eigenvalue weighted by Gasteiger charge is 2.18. The summed E-state index contributed by atoms with van der Waals surface area (Å²) in [6, 6.07) is 6.75. The number of carbonyl (C=O) groups is 1. The van der Waals surface area contributed by atoms with Crippen LogP contribution in [0.15, 0.2) is 24.3 Å². The molecule has 0 saturated carbocycles. The van der Waals surface area contributed by atoms with Gasteiger partial charge in [-0.05, 0) is 30.5 Å². The maximum absolute atomic E-state index is 12.0. The van der Waals surface area contributed by atoms with Crippen molar-refractivity contribution in [3.8, 4) is 0 Å². The van der Waals surface area contributed by atoms with E-state index in [-0.39, 0.29) is 24.6 Å². The van der Waals surface area contributed by atoms with Gasteiger partial charge in [0.05, 0.1) is 12.9 Å². The largest absolute Gasteiger partial charge is 0.469 e. The lowest BCUT2D eigenvalue weighted by molar-refractivity contribution is -0.140.